The van der Waals surface area contributed by atoms with Crippen LogP contribution in [0.3, 0.4) is 0 Å². The molecule has 3 heterocycles. The second-order valence-corrected chi connectivity index (χ2v) is 15.0. The topological polar surface area (TPSA) is 9.86 Å². The van der Waals surface area contributed by atoms with E-state index in [9.17, 15) is 0 Å². The molecule has 2 nitrogen and oxygen atoms in total. The molecule has 5 aromatic carbocycles. The first-order chi connectivity index (χ1) is 23.1. The molecule has 47 heavy (non-hydrogen) atoms. The van der Waals surface area contributed by atoms with Gasteiger partial charge in [0.05, 0.1) is 22.2 Å². The Bertz CT molecular complexity index is 2490. The zero-order valence-corrected chi connectivity index (χ0v) is 27.3. The average Bonchev–Trinajstić information content (AvgIpc) is 3.73. The molecule has 0 amide bonds. The van der Waals surface area contributed by atoms with Gasteiger partial charge in [-0.25, -0.2) is 0 Å². The van der Waals surface area contributed by atoms with Gasteiger partial charge in [-0.2, -0.15) is 0 Å². The van der Waals surface area contributed by atoms with E-state index >= 15 is 0 Å². The molecule has 0 N–H and O–H groups in total. The van der Waals surface area contributed by atoms with Crippen molar-refractivity contribution in [1.29, 1.82) is 0 Å². The maximum Gasteiger partial charge on any atom is 0.0541 e. The van der Waals surface area contributed by atoms with Crippen LogP contribution in [0.4, 0.5) is 0 Å². The summed E-state index contributed by atoms with van der Waals surface area (Å²) in [5, 5.41) is 3.97. The van der Waals surface area contributed by atoms with Crippen molar-refractivity contribution in [2.75, 3.05) is 0 Å². The Balaban J connectivity index is 1.11. The van der Waals surface area contributed by atoms with E-state index in [1.807, 2.05) is 11.8 Å². The van der Waals surface area contributed by atoms with E-state index < -0.39 is 0 Å². The van der Waals surface area contributed by atoms with Crippen LogP contribution < -0.4 is 0 Å². The summed E-state index contributed by atoms with van der Waals surface area (Å²) in [4.78, 5) is 1.39. The summed E-state index contributed by atoms with van der Waals surface area (Å²) in [6.45, 7) is 4.78. The number of thioether (sulfide) groups is 1. The minimum atomic E-state index is 0.0862. The molecule has 4 atom stereocenters. The lowest BCUT2D eigenvalue weighted by Gasteiger charge is -2.27. The van der Waals surface area contributed by atoms with Gasteiger partial charge in [-0.3, -0.25) is 0 Å². The molecule has 4 unspecified atom stereocenters. The summed E-state index contributed by atoms with van der Waals surface area (Å²) in [6.07, 6.45) is 14.0. The largest absolute Gasteiger partial charge is 0.310 e. The van der Waals surface area contributed by atoms with E-state index in [2.05, 4.69) is 175 Å². The molecule has 0 spiro atoms. The molecule has 0 fully saturated rings. The molecule has 3 heteroatoms. The molecule has 0 radical (unpaired) electrons. The van der Waals surface area contributed by atoms with Gasteiger partial charge in [0.15, 0.2) is 0 Å². The Labute approximate surface area is 279 Å². The summed E-state index contributed by atoms with van der Waals surface area (Å²) in [7, 11) is 0. The van der Waals surface area contributed by atoms with E-state index in [0.717, 1.165) is 0 Å². The maximum atomic E-state index is 2.48. The van der Waals surface area contributed by atoms with Gasteiger partial charge in [0.25, 0.3) is 0 Å². The maximum absolute atomic E-state index is 2.48. The highest BCUT2D eigenvalue weighted by Crippen LogP contribution is 2.56. The van der Waals surface area contributed by atoms with Gasteiger partial charge in [0.1, 0.15) is 0 Å². The van der Waals surface area contributed by atoms with Gasteiger partial charge < -0.3 is 9.13 Å². The Morgan fingerprint density at radius 2 is 1.38 bits per heavy atom. The number of rotatable bonds is 3. The Morgan fingerprint density at radius 3 is 2.23 bits per heavy atom. The lowest BCUT2D eigenvalue weighted by atomic mass is 9.78. The van der Waals surface area contributed by atoms with Crippen molar-refractivity contribution in [1.82, 2.24) is 9.13 Å². The number of fused-ring (bicyclic) bond motifs is 9. The number of nitrogens with zero attached hydrogens (tertiary/aromatic N) is 2. The van der Waals surface area contributed by atoms with Crippen LogP contribution in [0.25, 0.3) is 50.2 Å². The number of para-hydroxylation sites is 3. The van der Waals surface area contributed by atoms with Gasteiger partial charge >= 0.3 is 0 Å². The van der Waals surface area contributed by atoms with Gasteiger partial charge in [0, 0.05) is 49.0 Å². The summed E-state index contributed by atoms with van der Waals surface area (Å²) in [5.41, 5.74) is 11.8. The Morgan fingerprint density at radius 1 is 0.638 bits per heavy atom. The number of aromatic nitrogens is 2. The second-order valence-electron chi connectivity index (χ2n) is 13.5. The molecule has 2 aliphatic carbocycles. The fourth-order valence-electron chi connectivity index (χ4n) is 8.67. The number of hydrogen-bond acceptors (Lipinski definition) is 1. The van der Waals surface area contributed by atoms with Crippen LogP contribution in [0.1, 0.15) is 54.0 Å². The lowest BCUT2D eigenvalue weighted by molar-refractivity contribution is 0.672. The second kappa shape index (κ2) is 10.0. The van der Waals surface area contributed by atoms with Crippen molar-refractivity contribution in [3.05, 3.63) is 168 Å². The van der Waals surface area contributed by atoms with Crippen LogP contribution >= 0.6 is 11.8 Å². The highest BCUT2D eigenvalue weighted by atomic mass is 32.2. The van der Waals surface area contributed by atoms with Crippen LogP contribution in [0.15, 0.2) is 151 Å². The monoisotopic (exact) mass is 622 g/mol. The van der Waals surface area contributed by atoms with Crippen LogP contribution in [0, 0.1) is 0 Å². The zero-order valence-electron chi connectivity index (χ0n) is 26.5. The molecule has 2 aromatic heterocycles. The van der Waals surface area contributed by atoms with Crippen molar-refractivity contribution in [2.24, 2.45) is 0 Å². The van der Waals surface area contributed by atoms with Crippen LogP contribution in [-0.2, 0) is 0 Å². The highest BCUT2D eigenvalue weighted by molar-refractivity contribution is 8.01. The van der Waals surface area contributed by atoms with Crippen molar-refractivity contribution >= 4 is 50.5 Å². The average molecular weight is 623 g/mol. The standard InChI is InChI=1S/C44H34N2S/c1-28-32(21-23-41-43(28)34-15-7-9-18-39(34)45(41)30-12-4-3-5-13-30)29-19-22-40-35(26-29)33-14-6-8-17-38(33)46(40)31-20-24-42-36(27-31)37-16-10-11-25-44(37,2)47-42/h3-28,32,37H,1-2H3. The van der Waals surface area contributed by atoms with E-state index in [0.29, 0.717) is 11.8 Å². The molecule has 0 bridgehead atoms. The van der Waals surface area contributed by atoms with E-state index in [1.165, 1.54) is 71.4 Å². The van der Waals surface area contributed by atoms with Crippen LogP contribution in [-0.4, -0.2) is 13.9 Å². The SMILES string of the molecule is CC1c2c(n(-c3ccccc3)c3ccccc23)C=CC1c1ccc2c(c1)c1ccccc1n2-c1ccc2c(c1)C1C=CC=CC1(C)S2. The number of hydrogen-bond donors (Lipinski definition) is 0. The molecule has 7 aromatic rings. The molecule has 3 aliphatic rings. The third-order valence-electron chi connectivity index (χ3n) is 10.9. The predicted octanol–water partition coefficient (Wildman–Crippen LogP) is 11.7. The quantitative estimate of drug-likeness (QED) is 0.191. The first-order valence-electron chi connectivity index (χ1n) is 16.7. The molecule has 0 saturated carbocycles. The van der Waals surface area contributed by atoms with E-state index in [4.69, 9.17) is 0 Å². The zero-order chi connectivity index (χ0) is 31.3. The molecule has 0 saturated heterocycles. The third kappa shape index (κ3) is 3.87. The fourth-order valence-corrected chi connectivity index (χ4v) is 10.1. The van der Waals surface area contributed by atoms with Crippen molar-refractivity contribution in [3.8, 4) is 11.4 Å². The van der Waals surface area contributed by atoms with Gasteiger partial charge in [0.2, 0.25) is 0 Å². The van der Waals surface area contributed by atoms with Crippen LogP contribution in [0.2, 0.25) is 0 Å². The van der Waals surface area contributed by atoms with Gasteiger partial charge in [-0.05, 0) is 90.2 Å². The summed E-state index contributed by atoms with van der Waals surface area (Å²) < 4.78 is 4.99. The Kier molecular flexibility index (Phi) is 5.78. The molecular formula is C44H34N2S. The summed E-state index contributed by atoms with van der Waals surface area (Å²) in [6, 6.07) is 42.9. The van der Waals surface area contributed by atoms with Crippen molar-refractivity contribution in [3.63, 3.8) is 0 Å². The molecule has 1 aliphatic heterocycles. The van der Waals surface area contributed by atoms with Gasteiger partial charge in [-0.1, -0.05) is 98.0 Å². The summed E-state index contributed by atoms with van der Waals surface area (Å²) >= 11 is 1.99. The molecular weight excluding hydrogens is 589 g/mol. The summed E-state index contributed by atoms with van der Waals surface area (Å²) in [5.74, 6) is 1.01. The van der Waals surface area contributed by atoms with Crippen molar-refractivity contribution in [2.45, 2.75) is 41.2 Å². The molecule has 10 rings (SSSR count). The Hall–Kier alpha value is -4.99. The van der Waals surface area contributed by atoms with E-state index in [-0.39, 0.29) is 10.7 Å². The van der Waals surface area contributed by atoms with E-state index in [1.54, 1.807) is 0 Å². The normalized spacial score (nSPS) is 22.6. The lowest BCUT2D eigenvalue weighted by Crippen LogP contribution is -2.22. The van der Waals surface area contributed by atoms with Crippen molar-refractivity contribution < 1.29 is 0 Å². The number of benzene rings is 5. The third-order valence-corrected chi connectivity index (χ3v) is 12.3. The minimum absolute atomic E-state index is 0.0862. The smallest absolute Gasteiger partial charge is 0.0541 e. The molecule has 226 valence electrons. The number of allylic oxidation sites excluding steroid dienone is 4. The fraction of sp³-hybridized carbons (Fsp3) is 0.136. The highest BCUT2D eigenvalue weighted by Gasteiger charge is 2.41. The predicted molar refractivity (Wildman–Crippen MR) is 200 cm³/mol. The minimum Gasteiger partial charge on any atom is -0.310 e. The van der Waals surface area contributed by atoms with Crippen LogP contribution in [0.5, 0.6) is 0 Å². The first kappa shape index (κ1) is 27.2. The van der Waals surface area contributed by atoms with Gasteiger partial charge in [-0.15, -0.1) is 11.8 Å². The first-order valence-corrected chi connectivity index (χ1v) is 17.5.